The molecular formula is C19H35NO4Si. The number of nitrogens with zero attached hydrogens (tertiary/aromatic N) is 1. The minimum atomic E-state index is -1.84. The fraction of sp³-hybridized carbons (Fsp3) is 0.842. The fourth-order valence-corrected chi connectivity index (χ4v) is 3.21. The Morgan fingerprint density at radius 2 is 1.88 bits per heavy atom. The van der Waals surface area contributed by atoms with Crippen LogP contribution in [0.2, 0.25) is 18.1 Å². The lowest BCUT2D eigenvalue weighted by molar-refractivity contribution is 0.0123. The number of hydrogen-bond donors (Lipinski definition) is 1. The molecule has 25 heavy (non-hydrogen) atoms. The number of ether oxygens (including phenoxy) is 1. The molecule has 0 saturated carbocycles. The minimum Gasteiger partial charge on any atom is -0.444 e. The summed E-state index contributed by atoms with van der Waals surface area (Å²) in [7, 11) is -1.84. The molecule has 1 N–H and O–H groups in total. The lowest BCUT2D eigenvalue weighted by atomic mass is 10.1. The summed E-state index contributed by atoms with van der Waals surface area (Å²) in [6, 6.07) is -0.310. The number of aliphatic hydroxyl groups excluding tert-OH is 1. The van der Waals surface area contributed by atoms with E-state index in [2.05, 4.69) is 45.7 Å². The maximum absolute atomic E-state index is 12.3. The van der Waals surface area contributed by atoms with Crippen LogP contribution in [0.4, 0.5) is 4.79 Å². The van der Waals surface area contributed by atoms with Crippen molar-refractivity contribution in [3.63, 3.8) is 0 Å². The zero-order valence-electron chi connectivity index (χ0n) is 17.1. The molecule has 0 aliphatic carbocycles. The summed E-state index contributed by atoms with van der Waals surface area (Å²) in [4.78, 5) is 13.9. The van der Waals surface area contributed by atoms with Crippen molar-refractivity contribution >= 4 is 14.4 Å². The van der Waals surface area contributed by atoms with Crippen molar-refractivity contribution in [2.75, 3.05) is 13.2 Å². The lowest BCUT2D eigenvalue weighted by Gasteiger charge is -2.35. The molecule has 1 fully saturated rings. The van der Waals surface area contributed by atoms with E-state index in [-0.39, 0.29) is 17.2 Å². The molecule has 1 aliphatic heterocycles. The summed E-state index contributed by atoms with van der Waals surface area (Å²) >= 11 is 0. The predicted molar refractivity (Wildman–Crippen MR) is 103 cm³/mol. The van der Waals surface area contributed by atoms with Crippen LogP contribution in [-0.4, -0.2) is 55.3 Å². The van der Waals surface area contributed by atoms with Crippen LogP contribution >= 0.6 is 0 Å². The van der Waals surface area contributed by atoms with Crippen molar-refractivity contribution in [2.45, 2.75) is 90.3 Å². The molecule has 1 amide bonds. The molecule has 0 radical (unpaired) electrons. The van der Waals surface area contributed by atoms with Crippen LogP contribution in [0.25, 0.3) is 0 Å². The first kappa shape index (κ1) is 22.0. The lowest BCUT2D eigenvalue weighted by Crippen LogP contribution is -2.44. The highest BCUT2D eigenvalue weighted by Gasteiger charge is 2.37. The van der Waals surface area contributed by atoms with Gasteiger partial charge in [-0.05, 0) is 51.7 Å². The highest BCUT2D eigenvalue weighted by Crippen LogP contribution is 2.36. The van der Waals surface area contributed by atoms with Crippen LogP contribution in [0.15, 0.2) is 0 Å². The van der Waals surface area contributed by atoms with E-state index in [4.69, 9.17) is 9.16 Å². The van der Waals surface area contributed by atoms with Gasteiger partial charge in [0.2, 0.25) is 0 Å². The molecule has 1 heterocycles. The van der Waals surface area contributed by atoms with Gasteiger partial charge in [0.05, 0.1) is 12.6 Å². The van der Waals surface area contributed by atoms with Crippen LogP contribution in [0.5, 0.6) is 0 Å². The Balaban J connectivity index is 2.62. The van der Waals surface area contributed by atoms with Gasteiger partial charge in [-0.15, -0.1) is 0 Å². The number of carbonyl (C=O) groups excluding carboxylic acids is 1. The molecule has 0 aromatic heterocycles. The second-order valence-corrected chi connectivity index (χ2v) is 14.0. The Morgan fingerprint density at radius 1 is 1.28 bits per heavy atom. The zero-order chi connectivity index (χ0) is 19.5. The largest absolute Gasteiger partial charge is 0.444 e. The van der Waals surface area contributed by atoms with E-state index in [0.29, 0.717) is 13.2 Å². The van der Waals surface area contributed by atoms with Gasteiger partial charge in [-0.2, -0.15) is 0 Å². The molecule has 6 heteroatoms. The highest BCUT2D eigenvalue weighted by atomic mass is 28.4. The average Bonchev–Trinajstić information content (AvgIpc) is 2.89. The molecule has 1 saturated heterocycles. The van der Waals surface area contributed by atoms with E-state index in [1.54, 1.807) is 4.90 Å². The maximum atomic E-state index is 12.3. The third-order valence-corrected chi connectivity index (χ3v) is 9.33. The van der Waals surface area contributed by atoms with Crippen molar-refractivity contribution in [2.24, 2.45) is 0 Å². The number of carbonyl (C=O) groups is 1. The van der Waals surface area contributed by atoms with Gasteiger partial charge in [-0.3, -0.25) is 0 Å². The van der Waals surface area contributed by atoms with Gasteiger partial charge < -0.3 is 19.2 Å². The monoisotopic (exact) mass is 369 g/mol. The molecule has 1 rings (SSSR count). The predicted octanol–water partition coefficient (Wildman–Crippen LogP) is 3.77. The number of hydrogen-bond acceptors (Lipinski definition) is 4. The van der Waals surface area contributed by atoms with Crippen LogP contribution < -0.4 is 0 Å². The normalized spacial score (nSPS) is 20.0. The van der Waals surface area contributed by atoms with Crippen molar-refractivity contribution < 1.29 is 19.1 Å². The van der Waals surface area contributed by atoms with E-state index in [9.17, 15) is 9.90 Å². The summed E-state index contributed by atoms with van der Waals surface area (Å²) in [5.74, 6) is 5.78. The molecular weight excluding hydrogens is 334 g/mol. The van der Waals surface area contributed by atoms with E-state index < -0.39 is 20.0 Å². The number of likely N-dealkylation sites (tertiary alicyclic amines) is 1. The van der Waals surface area contributed by atoms with Crippen molar-refractivity contribution in [3.05, 3.63) is 0 Å². The fourth-order valence-electron chi connectivity index (χ4n) is 2.34. The molecule has 0 spiro atoms. The topological polar surface area (TPSA) is 59.0 Å². The molecule has 0 bridgehead atoms. The zero-order valence-corrected chi connectivity index (χ0v) is 18.1. The van der Waals surface area contributed by atoms with Gasteiger partial charge in [0, 0.05) is 6.54 Å². The molecule has 0 aromatic rings. The summed E-state index contributed by atoms with van der Waals surface area (Å²) in [5, 5.41) is 10.5. The molecule has 144 valence electrons. The Morgan fingerprint density at radius 3 is 2.40 bits per heavy atom. The Labute approximate surface area is 154 Å². The van der Waals surface area contributed by atoms with Crippen molar-refractivity contribution in [3.8, 4) is 11.8 Å². The third kappa shape index (κ3) is 6.65. The molecule has 0 unspecified atom stereocenters. The van der Waals surface area contributed by atoms with Crippen molar-refractivity contribution in [1.82, 2.24) is 4.90 Å². The molecule has 2 atom stereocenters. The smallest absolute Gasteiger partial charge is 0.410 e. The first-order valence-corrected chi connectivity index (χ1v) is 12.0. The summed E-state index contributed by atoms with van der Waals surface area (Å²) in [6.07, 6.45) is 0.327. The minimum absolute atomic E-state index is 0.131. The van der Waals surface area contributed by atoms with Gasteiger partial charge in [0.15, 0.2) is 8.32 Å². The number of amides is 1. The van der Waals surface area contributed by atoms with Crippen LogP contribution in [-0.2, 0) is 9.16 Å². The summed E-state index contributed by atoms with van der Waals surface area (Å²) < 4.78 is 11.4. The number of rotatable bonds is 3. The highest BCUT2D eigenvalue weighted by molar-refractivity contribution is 6.74. The molecule has 0 aromatic carbocycles. The third-order valence-electron chi connectivity index (χ3n) is 4.85. The van der Waals surface area contributed by atoms with E-state index in [1.807, 2.05) is 20.8 Å². The molecule has 1 aliphatic rings. The van der Waals surface area contributed by atoms with E-state index in [0.717, 1.165) is 12.8 Å². The van der Waals surface area contributed by atoms with Crippen molar-refractivity contribution in [1.29, 1.82) is 0 Å². The van der Waals surface area contributed by atoms with Gasteiger partial charge in [-0.1, -0.05) is 32.6 Å². The average molecular weight is 370 g/mol. The Bertz CT molecular complexity index is 522. The van der Waals surface area contributed by atoms with Gasteiger partial charge >= 0.3 is 6.09 Å². The number of aliphatic hydroxyl groups is 1. The van der Waals surface area contributed by atoms with Gasteiger partial charge in [0.25, 0.3) is 0 Å². The standard InChI is InChI=1S/C19H35NO4Si/c1-18(2,3)24-17(22)20-13-9-11-15(20)16(21)12-10-14-23-25(7,8)19(4,5)6/h15-16,21H,9,11,13-14H2,1-8H3/t15-,16+/m0/s1. The van der Waals surface area contributed by atoms with Crippen LogP contribution in [0.3, 0.4) is 0 Å². The maximum Gasteiger partial charge on any atom is 0.410 e. The van der Waals surface area contributed by atoms with Gasteiger partial charge in [-0.25, -0.2) is 4.79 Å². The Kier molecular flexibility index (Phi) is 7.14. The summed E-state index contributed by atoms with van der Waals surface area (Å²) in [5.41, 5.74) is -0.544. The Hall–Kier alpha value is -1.03. The quantitative estimate of drug-likeness (QED) is 0.608. The van der Waals surface area contributed by atoms with E-state index in [1.165, 1.54) is 0 Å². The summed E-state index contributed by atoms with van der Waals surface area (Å²) in [6.45, 7) is 17.3. The second-order valence-electron chi connectivity index (χ2n) is 9.20. The molecule has 5 nitrogen and oxygen atoms in total. The first-order valence-electron chi connectivity index (χ1n) is 9.05. The van der Waals surface area contributed by atoms with Gasteiger partial charge in [0.1, 0.15) is 11.7 Å². The van der Waals surface area contributed by atoms with E-state index >= 15 is 0 Å². The van der Waals surface area contributed by atoms with Crippen LogP contribution in [0, 0.1) is 11.8 Å². The SMILES string of the molecule is CC(C)(C)OC(=O)N1CCC[C@H]1[C@H](O)C#CCO[Si](C)(C)C(C)(C)C. The van der Waals surface area contributed by atoms with Crippen LogP contribution in [0.1, 0.15) is 54.4 Å². The second kappa shape index (κ2) is 8.11. The first-order chi connectivity index (χ1) is 11.2.